The lowest BCUT2D eigenvalue weighted by Gasteiger charge is -2.05. The van der Waals surface area contributed by atoms with E-state index in [0.29, 0.717) is 0 Å². The number of ketones is 1. The Hall–Kier alpha value is -2.15. The predicted octanol–water partition coefficient (Wildman–Crippen LogP) is 3.90. The third-order valence-electron chi connectivity index (χ3n) is 3.56. The van der Waals surface area contributed by atoms with Gasteiger partial charge in [-0.05, 0) is 23.6 Å². The van der Waals surface area contributed by atoms with E-state index >= 15 is 0 Å². The van der Waals surface area contributed by atoms with Gasteiger partial charge in [-0.25, -0.2) is 0 Å². The molecule has 0 radical (unpaired) electrons. The Bertz CT molecular complexity index is 636. The van der Waals surface area contributed by atoms with Gasteiger partial charge in [-0.15, -0.1) is 0 Å². The molecule has 0 spiro atoms. The average Bonchev–Trinajstić information content (AvgIpc) is 2.77. The molecule has 0 N–H and O–H groups in total. The fourth-order valence-corrected chi connectivity index (χ4v) is 2.49. The summed E-state index contributed by atoms with van der Waals surface area (Å²) >= 11 is 0. The van der Waals surface area contributed by atoms with E-state index in [2.05, 4.69) is 12.1 Å². The van der Waals surface area contributed by atoms with Crippen LogP contribution in [0.2, 0.25) is 0 Å². The Balaban J connectivity index is 2.09. The summed E-state index contributed by atoms with van der Waals surface area (Å²) in [5, 5.41) is 0. The van der Waals surface area contributed by atoms with E-state index in [1.54, 1.807) is 0 Å². The zero-order valence-electron chi connectivity index (χ0n) is 10.3. The highest BCUT2D eigenvalue weighted by Crippen LogP contribution is 2.31. The van der Waals surface area contributed by atoms with Crippen molar-refractivity contribution in [3.05, 3.63) is 76.9 Å². The molecule has 0 saturated heterocycles. The first-order valence-corrected chi connectivity index (χ1v) is 6.15. The fraction of sp³-hybridized carbons (Fsp3) is 0.118. The van der Waals surface area contributed by atoms with Crippen molar-refractivity contribution in [2.24, 2.45) is 0 Å². The lowest BCUT2D eigenvalue weighted by atomic mass is 9.99. The van der Waals surface area contributed by atoms with Crippen LogP contribution in [0.1, 0.15) is 28.4 Å². The molecule has 2 aromatic carbocycles. The molecule has 0 heterocycles. The van der Waals surface area contributed by atoms with E-state index in [4.69, 9.17) is 0 Å². The van der Waals surface area contributed by atoms with Crippen molar-refractivity contribution in [3.63, 3.8) is 0 Å². The van der Waals surface area contributed by atoms with E-state index in [1.165, 1.54) is 0 Å². The summed E-state index contributed by atoms with van der Waals surface area (Å²) in [6.07, 6.45) is 0.760. The minimum absolute atomic E-state index is 0.187. The van der Waals surface area contributed by atoms with Crippen LogP contribution in [-0.4, -0.2) is 5.78 Å². The Kier molecular flexibility index (Phi) is 2.60. The monoisotopic (exact) mass is 234 g/mol. The summed E-state index contributed by atoms with van der Waals surface area (Å²) in [5.41, 5.74) is 5.17. The molecule has 0 amide bonds. The van der Waals surface area contributed by atoms with Crippen LogP contribution in [0.4, 0.5) is 0 Å². The smallest absolute Gasteiger partial charge is 0.189 e. The van der Waals surface area contributed by atoms with E-state index in [-0.39, 0.29) is 5.78 Å². The quantitative estimate of drug-likeness (QED) is 0.684. The molecule has 3 rings (SSSR count). The van der Waals surface area contributed by atoms with E-state index in [0.717, 1.165) is 34.3 Å². The number of carbonyl (C=O) groups is 1. The molecule has 0 unspecified atom stereocenters. The fourth-order valence-electron chi connectivity index (χ4n) is 2.49. The van der Waals surface area contributed by atoms with Crippen molar-refractivity contribution in [3.8, 4) is 0 Å². The first-order valence-electron chi connectivity index (χ1n) is 6.15. The van der Waals surface area contributed by atoms with Crippen LogP contribution in [0.25, 0.3) is 5.57 Å². The maximum absolute atomic E-state index is 12.4. The molecule has 1 nitrogen and oxygen atoms in total. The summed E-state index contributed by atoms with van der Waals surface area (Å²) < 4.78 is 0. The highest BCUT2D eigenvalue weighted by atomic mass is 16.1. The average molecular weight is 234 g/mol. The van der Waals surface area contributed by atoms with Crippen molar-refractivity contribution >= 4 is 11.4 Å². The Labute approximate surface area is 107 Å². The molecule has 0 saturated carbocycles. The topological polar surface area (TPSA) is 17.1 Å². The number of fused-ring (bicyclic) bond motifs is 1. The number of rotatable bonds is 1. The first-order chi connectivity index (χ1) is 8.77. The van der Waals surface area contributed by atoms with Gasteiger partial charge >= 0.3 is 0 Å². The van der Waals surface area contributed by atoms with Gasteiger partial charge in [-0.1, -0.05) is 54.6 Å². The number of carbonyl (C=O) groups excluding carboxylic acids is 1. The molecule has 0 fully saturated rings. The number of hydrogen-bond acceptors (Lipinski definition) is 1. The van der Waals surface area contributed by atoms with Gasteiger partial charge in [0.05, 0.1) is 0 Å². The second kappa shape index (κ2) is 4.26. The summed E-state index contributed by atoms with van der Waals surface area (Å²) in [6.45, 7) is 2.04. The highest BCUT2D eigenvalue weighted by Gasteiger charge is 2.25. The van der Waals surface area contributed by atoms with Crippen LogP contribution in [0, 0.1) is 0 Å². The van der Waals surface area contributed by atoms with Crippen LogP contribution >= 0.6 is 0 Å². The molecule has 0 bridgehead atoms. The SMILES string of the molecule is C/C(=C1\Cc2ccccc2C1=O)c1ccccc1. The zero-order chi connectivity index (χ0) is 12.5. The van der Waals surface area contributed by atoms with Gasteiger partial charge in [0.1, 0.15) is 0 Å². The van der Waals surface area contributed by atoms with Crippen molar-refractivity contribution in [2.45, 2.75) is 13.3 Å². The molecule has 0 atom stereocenters. The standard InChI is InChI=1S/C17H14O/c1-12(13-7-3-2-4-8-13)16-11-14-9-5-6-10-15(14)17(16)18/h2-10H,11H2,1H3/b16-12-. The molecule has 1 aliphatic rings. The van der Waals surface area contributed by atoms with Gasteiger partial charge in [-0.2, -0.15) is 0 Å². The van der Waals surface area contributed by atoms with E-state index in [1.807, 2.05) is 49.4 Å². The highest BCUT2D eigenvalue weighted by molar-refractivity contribution is 6.17. The van der Waals surface area contributed by atoms with Crippen molar-refractivity contribution < 1.29 is 4.79 Å². The largest absolute Gasteiger partial charge is 0.289 e. The Morgan fingerprint density at radius 2 is 1.61 bits per heavy atom. The van der Waals surface area contributed by atoms with Crippen molar-refractivity contribution in [1.29, 1.82) is 0 Å². The Morgan fingerprint density at radius 3 is 2.33 bits per heavy atom. The van der Waals surface area contributed by atoms with E-state index < -0.39 is 0 Å². The third-order valence-corrected chi connectivity index (χ3v) is 3.56. The molecular weight excluding hydrogens is 220 g/mol. The molecule has 88 valence electrons. The van der Waals surface area contributed by atoms with Gasteiger partial charge in [0, 0.05) is 17.6 Å². The maximum atomic E-state index is 12.4. The molecular formula is C17H14O. The Morgan fingerprint density at radius 1 is 0.944 bits per heavy atom. The number of Topliss-reactive ketones (excluding diaryl/α,β-unsaturated/α-hetero) is 1. The minimum atomic E-state index is 0.187. The molecule has 1 aliphatic carbocycles. The van der Waals surface area contributed by atoms with Crippen LogP contribution in [0.3, 0.4) is 0 Å². The minimum Gasteiger partial charge on any atom is -0.289 e. The molecule has 18 heavy (non-hydrogen) atoms. The van der Waals surface area contributed by atoms with Gasteiger partial charge < -0.3 is 0 Å². The van der Waals surface area contributed by atoms with Crippen molar-refractivity contribution in [1.82, 2.24) is 0 Å². The molecule has 1 heteroatoms. The third kappa shape index (κ3) is 1.68. The lowest BCUT2D eigenvalue weighted by molar-refractivity contribution is 0.104. The van der Waals surface area contributed by atoms with Crippen LogP contribution in [0.5, 0.6) is 0 Å². The summed E-state index contributed by atoms with van der Waals surface area (Å²) in [5.74, 6) is 0.187. The normalized spacial score (nSPS) is 16.6. The zero-order valence-corrected chi connectivity index (χ0v) is 10.3. The molecule has 0 aromatic heterocycles. The van der Waals surface area contributed by atoms with E-state index in [9.17, 15) is 4.79 Å². The van der Waals surface area contributed by atoms with Gasteiger partial charge in [0.15, 0.2) is 5.78 Å². The predicted molar refractivity (Wildman–Crippen MR) is 73.5 cm³/mol. The number of hydrogen-bond donors (Lipinski definition) is 0. The van der Waals surface area contributed by atoms with Crippen LogP contribution in [-0.2, 0) is 6.42 Å². The summed E-state index contributed by atoms with van der Waals surface area (Å²) in [4.78, 5) is 12.4. The summed E-state index contributed by atoms with van der Waals surface area (Å²) in [6, 6.07) is 18.0. The van der Waals surface area contributed by atoms with Crippen molar-refractivity contribution in [2.75, 3.05) is 0 Å². The summed E-state index contributed by atoms with van der Waals surface area (Å²) in [7, 11) is 0. The number of benzene rings is 2. The van der Waals surface area contributed by atoms with Crippen LogP contribution < -0.4 is 0 Å². The second-order valence-corrected chi connectivity index (χ2v) is 4.63. The second-order valence-electron chi connectivity index (χ2n) is 4.63. The maximum Gasteiger partial charge on any atom is 0.189 e. The number of allylic oxidation sites excluding steroid dienone is 2. The molecule has 0 aliphatic heterocycles. The lowest BCUT2D eigenvalue weighted by Crippen LogP contribution is -1.98. The van der Waals surface area contributed by atoms with Gasteiger partial charge in [-0.3, -0.25) is 4.79 Å². The first kappa shape index (κ1) is 11.0. The van der Waals surface area contributed by atoms with Crippen LogP contribution in [0.15, 0.2) is 60.2 Å². The van der Waals surface area contributed by atoms with Gasteiger partial charge in [0.2, 0.25) is 0 Å². The molecule has 2 aromatic rings. The van der Waals surface area contributed by atoms with Gasteiger partial charge in [0.25, 0.3) is 0 Å².